The van der Waals surface area contributed by atoms with E-state index in [0.717, 1.165) is 15.9 Å². The van der Waals surface area contributed by atoms with Gasteiger partial charge in [0.1, 0.15) is 0 Å². The molecule has 19 heavy (non-hydrogen) atoms. The summed E-state index contributed by atoms with van der Waals surface area (Å²) in [4.78, 5) is 15.5. The fourth-order valence-corrected chi connectivity index (χ4v) is 2.84. The van der Waals surface area contributed by atoms with Crippen LogP contribution in [0.25, 0.3) is 15.3 Å². The Hall–Kier alpha value is -2.21. The van der Waals surface area contributed by atoms with Crippen molar-refractivity contribution < 1.29 is 9.90 Å². The maximum Gasteiger partial charge on any atom is 0.356 e. The van der Waals surface area contributed by atoms with E-state index in [1.54, 1.807) is 10.7 Å². The van der Waals surface area contributed by atoms with Crippen LogP contribution in [-0.2, 0) is 6.42 Å². The summed E-state index contributed by atoms with van der Waals surface area (Å²) in [6.07, 6.45) is 0.705. The van der Waals surface area contributed by atoms with Crippen LogP contribution in [0.15, 0.2) is 30.3 Å². The fraction of sp³-hybridized carbons (Fsp3) is 0.154. The van der Waals surface area contributed by atoms with Gasteiger partial charge in [0, 0.05) is 5.69 Å². The molecule has 0 unspecified atom stereocenters. The van der Waals surface area contributed by atoms with Crippen LogP contribution >= 0.6 is 11.3 Å². The molecule has 6 heteroatoms. The van der Waals surface area contributed by atoms with Gasteiger partial charge in [-0.1, -0.05) is 30.4 Å². The topological polar surface area (TPSA) is 68.0 Å². The average Bonchev–Trinajstić information content (AvgIpc) is 3.01. The van der Waals surface area contributed by atoms with E-state index in [1.165, 1.54) is 11.3 Å². The maximum absolute atomic E-state index is 11.0. The molecule has 0 bridgehead atoms. The van der Waals surface area contributed by atoms with Crippen LogP contribution in [0, 0.1) is 0 Å². The van der Waals surface area contributed by atoms with Gasteiger partial charge in [-0.25, -0.2) is 14.5 Å². The number of rotatable bonds is 3. The summed E-state index contributed by atoms with van der Waals surface area (Å²) in [5.74, 6) is -1.02. The summed E-state index contributed by atoms with van der Waals surface area (Å²) in [5, 5.41) is 13.8. The minimum atomic E-state index is -1.02. The molecular weight excluding hydrogens is 262 g/mol. The third kappa shape index (κ3) is 2.00. The molecule has 0 spiro atoms. The lowest BCUT2D eigenvalue weighted by molar-refractivity contribution is 0.0690. The summed E-state index contributed by atoms with van der Waals surface area (Å²) < 4.78 is 2.68. The number of thiazole rings is 1. The Balaban J connectivity index is 2.17. The van der Waals surface area contributed by atoms with Gasteiger partial charge in [-0.2, -0.15) is 5.10 Å². The number of fused-ring (bicyclic) bond motifs is 1. The first-order chi connectivity index (χ1) is 9.19. The molecule has 2 heterocycles. The van der Waals surface area contributed by atoms with Gasteiger partial charge in [-0.05, 0) is 24.6 Å². The smallest absolute Gasteiger partial charge is 0.356 e. The molecule has 0 aliphatic rings. The predicted molar refractivity (Wildman–Crippen MR) is 73.1 cm³/mol. The standard InChI is InChI=1S/C13H11N3O2S/c1-2-8-7-10(12(17)18)15-16(8)13-14-9-5-3-4-6-11(9)19-13/h3-7H,2H2,1H3,(H,17,18). The fourth-order valence-electron chi connectivity index (χ4n) is 1.89. The second kappa shape index (κ2) is 4.47. The molecule has 0 aliphatic carbocycles. The maximum atomic E-state index is 11.0. The number of carboxylic acid groups (broad SMARTS) is 1. The van der Waals surface area contributed by atoms with E-state index in [0.29, 0.717) is 11.6 Å². The van der Waals surface area contributed by atoms with Crippen molar-refractivity contribution in [2.75, 3.05) is 0 Å². The molecule has 0 radical (unpaired) electrons. The van der Waals surface area contributed by atoms with Gasteiger partial charge in [0.2, 0.25) is 5.13 Å². The quantitative estimate of drug-likeness (QED) is 0.796. The summed E-state index contributed by atoms with van der Waals surface area (Å²) >= 11 is 1.50. The molecule has 3 aromatic rings. The van der Waals surface area contributed by atoms with Gasteiger partial charge in [0.05, 0.1) is 10.2 Å². The first-order valence-electron chi connectivity index (χ1n) is 5.87. The third-order valence-electron chi connectivity index (χ3n) is 2.83. The van der Waals surface area contributed by atoms with Crippen molar-refractivity contribution in [2.24, 2.45) is 0 Å². The molecule has 0 aliphatic heterocycles. The molecule has 5 nitrogen and oxygen atoms in total. The number of benzene rings is 1. The Morgan fingerprint density at radius 2 is 2.21 bits per heavy atom. The highest BCUT2D eigenvalue weighted by atomic mass is 32.1. The van der Waals surface area contributed by atoms with Gasteiger partial charge in [0.15, 0.2) is 5.69 Å². The molecular formula is C13H11N3O2S. The zero-order valence-electron chi connectivity index (χ0n) is 10.2. The molecule has 2 aromatic heterocycles. The number of aromatic nitrogens is 3. The second-order valence-electron chi connectivity index (χ2n) is 4.06. The van der Waals surface area contributed by atoms with Crippen molar-refractivity contribution in [1.29, 1.82) is 0 Å². The second-order valence-corrected chi connectivity index (χ2v) is 5.06. The first kappa shape index (κ1) is 11.9. The van der Waals surface area contributed by atoms with Crippen molar-refractivity contribution in [1.82, 2.24) is 14.8 Å². The van der Waals surface area contributed by atoms with Gasteiger partial charge in [0.25, 0.3) is 0 Å². The Morgan fingerprint density at radius 1 is 1.42 bits per heavy atom. The highest BCUT2D eigenvalue weighted by molar-refractivity contribution is 7.20. The van der Waals surface area contributed by atoms with Crippen molar-refractivity contribution in [2.45, 2.75) is 13.3 Å². The summed E-state index contributed by atoms with van der Waals surface area (Å²) in [6.45, 7) is 1.96. The SMILES string of the molecule is CCc1cc(C(=O)O)nn1-c1nc2ccccc2s1. The van der Waals surface area contributed by atoms with Crippen molar-refractivity contribution in [3.05, 3.63) is 41.7 Å². The van der Waals surface area contributed by atoms with Crippen LogP contribution in [0.3, 0.4) is 0 Å². The Kier molecular flexibility index (Phi) is 2.79. The number of aromatic carboxylic acids is 1. The van der Waals surface area contributed by atoms with Crippen LogP contribution in [0.4, 0.5) is 0 Å². The van der Waals surface area contributed by atoms with E-state index in [2.05, 4.69) is 10.1 Å². The number of carboxylic acids is 1. The Labute approximate surface area is 113 Å². The first-order valence-corrected chi connectivity index (χ1v) is 6.69. The molecule has 1 N–H and O–H groups in total. The lowest BCUT2D eigenvalue weighted by atomic mass is 10.3. The minimum Gasteiger partial charge on any atom is -0.476 e. The predicted octanol–water partition coefficient (Wildman–Crippen LogP) is 2.74. The highest BCUT2D eigenvalue weighted by Gasteiger charge is 2.15. The molecule has 3 rings (SSSR count). The number of hydrogen-bond acceptors (Lipinski definition) is 4. The molecule has 0 saturated heterocycles. The number of aryl methyl sites for hydroxylation is 1. The molecule has 0 saturated carbocycles. The van der Waals surface area contributed by atoms with Crippen molar-refractivity contribution >= 4 is 27.5 Å². The largest absolute Gasteiger partial charge is 0.476 e. The van der Waals surface area contributed by atoms with Gasteiger partial charge in [-0.15, -0.1) is 0 Å². The number of nitrogens with zero attached hydrogens (tertiary/aromatic N) is 3. The number of carbonyl (C=O) groups is 1. The lowest BCUT2D eigenvalue weighted by Gasteiger charge is -1.99. The van der Waals surface area contributed by atoms with Crippen molar-refractivity contribution in [3.63, 3.8) is 0 Å². The zero-order valence-corrected chi connectivity index (χ0v) is 11.0. The van der Waals surface area contributed by atoms with Crippen LogP contribution in [0.1, 0.15) is 23.1 Å². The molecule has 0 atom stereocenters. The molecule has 0 fully saturated rings. The van der Waals surface area contributed by atoms with Crippen LogP contribution in [0.5, 0.6) is 0 Å². The van der Waals surface area contributed by atoms with Crippen LogP contribution in [-0.4, -0.2) is 25.8 Å². The summed E-state index contributed by atoms with van der Waals surface area (Å²) in [7, 11) is 0. The van der Waals surface area contributed by atoms with E-state index >= 15 is 0 Å². The third-order valence-corrected chi connectivity index (χ3v) is 3.84. The lowest BCUT2D eigenvalue weighted by Crippen LogP contribution is -2.02. The highest BCUT2D eigenvalue weighted by Crippen LogP contribution is 2.25. The normalized spacial score (nSPS) is 11.0. The Morgan fingerprint density at radius 3 is 2.89 bits per heavy atom. The number of hydrogen-bond donors (Lipinski definition) is 1. The van der Waals surface area contributed by atoms with E-state index in [4.69, 9.17) is 5.11 Å². The molecule has 1 aromatic carbocycles. The number of para-hydroxylation sites is 1. The van der Waals surface area contributed by atoms with Gasteiger partial charge < -0.3 is 5.11 Å². The monoisotopic (exact) mass is 273 g/mol. The van der Waals surface area contributed by atoms with Crippen molar-refractivity contribution in [3.8, 4) is 5.13 Å². The van der Waals surface area contributed by atoms with E-state index in [9.17, 15) is 4.79 Å². The zero-order chi connectivity index (χ0) is 13.4. The van der Waals surface area contributed by atoms with E-state index in [-0.39, 0.29) is 5.69 Å². The minimum absolute atomic E-state index is 0.0520. The van der Waals surface area contributed by atoms with Crippen LogP contribution in [0.2, 0.25) is 0 Å². The average molecular weight is 273 g/mol. The Bertz CT molecular complexity index is 727. The van der Waals surface area contributed by atoms with Gasteiger partial charge >= 0.3 is 5.97 Å². The van der Waals surface area contributed by atoms with E-state index < -0.39 is 5.97 Å². The summed E-state index contributed by atoms with van der Waals surface area (Å²) in [6, 6.07) is 9.40. The van der Waals surface area contributed by atoms with Crippen LogP contribution < -0.4 is 0 Å². The molecule has 0 amide bonds. The van der Waals surface area contributed by atoms with E-state index in [1.807, 2.05) is 31.2 Å². The van der Waals surface area contributed by atoms with Gasteiger partial charge in [-0.3, -0.25) is 0 Å². The molecule has 96 valence electrons. The summed E-state index contributed by atoms with van der Waals surface area (Å²) in [5.41, 5.74) is 1.80.